The zero-order chi connectivity index (χ0) is 9.97. The summed E-state index contributed by atoms with van der Waals surface area (Å²) < 4.78 is 1.75. The zero-order valence-electron chi connectivity index (χ0n) is 8.33. The highest BCUT2D eigenvalue weighted by molar-refractivity contribution is 5.04. The zero-order valence-corrected chi connectivity index (χ0v) is 8.33. The van der Waals surface area contributed by atoms with Crippen molar-refractivity contribution in [2.45, 2.75) is 44.7 Å². The van der Waals surface area contributed by atoms with Gasteiger partial charge in [-0.3, -0.25) is 4.79 Å². The normalized spacial score (nSPS) is 18.6. The van der Waals surface area contributed by atoms with Crippen LogP contribution >= 0.6 is 0 Å². The SMILES string of the molecule is NCc1c[nH]n(C2CCCCC2)c1=O. The molecule has 0 amide bonds. The van der Waals surface area contributed by atoms with Gasteiger partial charge in [-0.05, 0) is 12.8 Å². The molecule has 1 aromatic rings. The first-order valence-electron chi connectivity index (χ1n) is 5.32. The third-order valence-corrected chi connectivity index (χ3v) is 3.03. The number of H-pyrrole nitrogens is 1. The van der Waals surface area contributed by atoms with Crippen LogP contribution in [-0.4, -0.2) is 9.78 Å². The molecule has 1 fully saturated rings. The van der Waals surface area contributed by atoms with E-state index in [1.54, 1.807) is 10.9 Å². The Kier molecular flexibility index (Phi) is 2.72. The Morgan fingerprint density at radius 2 is 2.14 bits per heavy atom. The van der Waals surface area contributed by atoms with Gasteiger partial charge in [0.25, 0.3) is 5.56 Å². The molecule has 0 spiro atoms. The van der Waals surface area contributed by atoms with Crippen LogP contribution in [0.25, 0.3) is 0 Å². The summed E-state index contributed by atoms with van der Waals surface area (Å²) in [5.74, 6) is 0. The quantitative estimate of drug-likeness (QED) is 0.743. The predicted octanol–water partition coefficient (Wildman–Crippen LogP) is 1.14. The minimum Gasteiger partial charge on any atom is -0.326 e. The number of aromatic amines is 1. The molecule has 1 aromatic heterocycles. The van der Waals surface area contributed by atoms with E-state index in [0.29, 0.717) is 18.2 Å². The number of aromatic nitrogens is 2. The van der Waals surface area contributed by atoms with Crippen molar-refractivity contribution in [3.8, 4) is 0 Å². The molecule has 0 radical (unpaired) electrons. The van der Waals surface area contributed by atoms with Crippen LogP contribution in [0.5, 0.6) is 0 Å². The van der Waals surface area contributed by atoms with Gasteiger partial charge >= 0.3 is 0 Å². The van der Waals surface area contributed by atoms with Crippen LogP contribution < -0.4 is 11.3 Å². The molecular formula is C10H17N3O. The van der Waals surface area contributed by atoms with E-state index in [-0.39, 0.29) is 5.56 Å². The van der Waals surface area contributed by atoms with E-state index in [2.05, 4.69) is 5.10 Å². The first kappa shape index (κ1) is 9.52. The van der Waals surface area contributed by atoms with Crippen molar-refractivity contribution in [2.75, 3.05) is 0 Å². The largest absolute Gasteiger partial charge is 0.326 e. The lowest BCUT2D eigenvalue weighted by Crippen LogP contribution is -2.26. The summed E-state index contributed by atoms with van der Waals surface area (Å²) in [7, 11) is 0. The van der Waals surface area contributed by atoms with Crippen molar-refractivity contribution in [2.24, 2.45) is 5.73 Å². The molecule has 14 heavy (non-hydrogen) atoms. The highest BCUT2D eigenvalue weighted by Gasteiger charge is 2.18. The fraction of sp³-hybridized carbons (Fsp3) is 0.700. The van der Waals surface area contributed by atoms with Crippen molar-refractivity contribution in [1.29, 1.82) is 0 Å². The van der Waals surface area contributed by atoms with E-state index < -0.39 is 0 Å². The van der Waals surface area contributed by atoms with Crippen molar-refractivity contribution in [3.05, 3.63) is 22.1 Å². The lowest BCUT2D eigenvalue weighted by atomic mass is 9.96. The number of rotatable bonds is 2. The Hall–Kier alpha value is -1.03. The first-order valence-corrected chi connectivity index (χ1v) is 5.32. The van der Waals surface area contributed by atoms with Crippen LogP contribution in [0.2, 0.25) is 0 Å². The summed E-state index contributed by atoms with van der Waals surface area (Å²) in [6, 6.07) is 0.372. The van der Waals surface area contributed by atoms with Gasteiger partial charge in [-0.25, -0.2) is 4.68 Å². The summed E-state index contributed by atoms with van der Waals surface area (Å²) in [6.07, 6.45) is 7.73. The topological polar surface area (TPSA) is 63.8 Å². The second kappa shape index (κ2) is 4.00. The highest BCUT2D eigenvalue weighted by Crippen LogP contribution is 2.26. The van der Waals surface area contributed by atoms with E-state index in [1.165, 1.54) is 19.3 Å². The van der Waals surface area contributed by atoms with Gasteiger partial charge in [-0.15, -0.1) is 0 Å². The Morgan fingerprint density at radius 1 is 1.43 bits per heavy atom. The molecule has 2 rings (SSSR count). The number of nitrogens with zero attached hydrogens (tertiary/aromatic N) is 1. The van der Waals surface area contributed by atoms with E-state index in [0.717, 1.165) is 12.8 Å². The average molecular weight is 195 g/mol. The maximum Gasteiger partial charge on any atom is 0.271 e. The Labute approximate surface area is 83.1 Å². The minimum atomic E-state index is 0.0689. The molecule has 1 aliphatic rings. The highest BCUT2D eigenvalue weighted by atomic mass is 16.1. The third-order valence-electron chi connectivity index (χ3n) is 3.03. The molecule has 0 saturated heterocycles. The van der Waals surface area contributed by atoms with Gasteiger partial charge in [0.1, 0.15) is 0 Å². The van der Waals surface area contributed by atoms with Crippen molar-refractivity contribution in [3.63, 3.8) is 0 Å². The van der Waals surface area contributed by atoms with Gasteiger partial charge in [-0.2, -0.15) is 0 Å². The predicted molar refractivity (Wildman–Crippen MR) is 55.1 cm³/mol. The second-order valence-corrected chi connectivity index (χ2v) is 3.97. The lowest BCUT2D eigenvalue weighted by molar-refractivity contribution is 0.323. The van der Waals surface area contributed by atoms with Crippen molar-refractivity contribution >= 4 is 0 Å². The minimum absolute atomic E-state index is 0.0689. The molecule has 0 atom stereocenters. The third kappa shape index (κ3) is 1.62. The van der Waals surface area contributed by atoms with E-state index in [1.807, 2.05) is 0 Å². The van der Waals surface area contributed by atoms with E-state index >= 15 is 0 Å². The molecule has 0 aliphatic heterocycles. The molecule has 0 bridgehead atoms. The average Bonchev–Trinajstić information content (AvgIpc) is 2.61. The number of hydrogen-bond donors (Lipinski definition) is 2. The Balaban J connectivity index is 2.22. The summed E-state index contributed by atoms with van der Waals surface area (Å²) in [4.78, 5) is 11.8. The molecule has 0 unspecified atom stereocenters. The summed E-state index contributed by atoms with van der Waals surface area (Å²) in [6.45, 7) is 0.328. The molecule has 4 nitrogen and oxygen atoms in total. The van der Waals surface area contributed by atoms with Crippen LogP contribution in [0.3, 0.4) is 0 Å². The van der Waals surface area contributed by atoms with Gasteiger partial charge in [0, 0.05) is 18.3 Å². The number of hydrogen-bond acceptors (Lipinski definition) is 2. The monoisotopic (exact) mass is 195 g/mol. The van der Waals surface area contributed by atoms with Gasteiger partial charge in [0.05, 0.1) is 6.04 Å². The molecule has 3 N–H and O–H groups in total. The number of nitrogens with one attached hydrogen (secondary N) is 1. The maximum atomic E-state index is 11.8. The Bertz CT molecular complexity index is 346. The standard InChI is InChI=1S/C10H17N3O/c11-6-8-7-12-13(10(8)14)9-4-2-1-3-5-9/h7,9,12H,1-6,11H2. The molecule has 4 heteroatoms. The van der Waals surface area contributed by atoms with Gasteiger partial charge < -0.3 is 10.8 Å². The smallest absolute Gasteiger partial charge is 0.271 e. The maximum absolute atomic E-state index is 11.8. The van der Waals surface area contributed by atoms with Gasteiger partial charge in [-0.1, -0.05) is 19.3 Å². The first-order chi connectivity index (χ1) is 6.83. The van der Waals surface area contributed by atoms with Gasteiger partial charge in [0.2, 0.25) is 0 Å². The van der Waals surface area contributed by atoms with Crippen LogP contribution in [0.15, 0.2) is 11.0 Å². The number of nitrogens with two attached hydrogens (primary N) is 1. The summed E-state index contributed by atoms with van der Waals surface area (Å²) in [5, 5.41) is 3.02. The van der Waals surface area contributed by atoms with Gasteiger partial charge in [0.15, 0.2) is 0 Å². The van der Waals surface area contributed by atoms with Crippen molar-refractivity contribution < 1.29 is 0 Å². The summed E-state index contributed by atoms with van der Waals surface area (Å²) in [5.41, 5.74) is 6.22. The second-order valence-electron chi connectivity index (χ2n) is 3.97. The van der Waals surface area contributed by atoms with E-state index in [9.17, 15) is 4.79 Å². The van der Waals surface area contributed by atoms with Crippen LogP contribution in [-0.2, 0) is 6.54 Å². The lowest BCUT2D eigenvalue weighted by Gasteiger charge is -2.21. The molecular weight excluding hydrogens is 178 g/mol. The van der Waals surface area contributed by atoms with Crippen LogP contribution in [0.4, 0.5) is 0 Å². The Morgan fingerprint density at radius 3 is 2.71 bits per heavy atom. The van der Waals surface area contributed by atoms with Crippen molar-refractivity contribution in [1.82, 2.24) is 9.78 Å². The fourth-order valence-corrected chi connectivity index (χ4v) is 2.18. The van der Waals surface area contributed by atoms with Crippen LogP contribution in [0.1, 0.15) is 43.7 Å². The van der Waals surface area contributed by atoms with E-state index in [4.69, 9.17) is 5.73 Å². The summed E-state index contributed by atoms with van der Waals surface area (Å²) >= 11 is 0. The molecule has 1 saturated carbocycles. The fourth-order valence-electron chi connectivity index (χ4n) is 2.18. The van der Waals surface area contributed by atoms with Crippen LogP contribution in [0, 0.1) is 0 Å². The molecule has 78 valence electrons. The molecule has 1 heterocycles. The molecule has 0 aromatic carbocycles. The molecule has 1 aliphatic carbocycles.